The minimum atomic E-state index is -4.44. The van der Waals surface area contributed by atoms with Gasteiger partial charge in [0.05, 0.1) is 9.75 Å². The number of likely N-dealkylation sites (tertiary alicyclic amines) is 1. The maximum atomic E-state index is 12.9. The Balaban J connectivity index is 1.81. The Morgan fingerprint density at radius 2 is 1.83 bits per heavy atom. The van der Waals surface area contributed by atoms with Crippen LogP contribution in [0, 0.1) is 0 Å². The van der Waals surface area contributed by atoms with Gasteiger partial charge < -0.3 is 4.90 Å². The highest BCUT2D eigenvalue weighted by Gasteiger charge is 2.35. The molecule has 0 N–H and O–H groups in total. The van der Waals surface area contributed by atoms with Gasteiger partial charge in [-0.15, -0.1) is 11.3 Å². The highest BCUT2D eigenvalue weighted by atomic mass is 32.1. The largest absolute Gasteiger partial charge is 0.433 e. The predicted octanol–water partition coefficient (Wildman–Crippen LogP) is 4.18. The summed E-state index contributed by atoms with van der Waals surface area (Å²) in [5.41, 5.74) is -0.559. The van der Waals surface area contributed by atoms with Gasteiger partial charge in [-0.05, 0) is 31.0 Å². The van der Waals surface area contributed by atoms with Gasteiger partial charge in [0.25, 0.3) is 5.91 Å². The molecule has 1 aliphatic rings. The lowest BCUT2D eigenvalue weighted by atomic mass is 10.2. The molecule has 0 aliphatic carbocycles. The molecule has 1 aliphatic heterocycles. The summed E-state index contributed by atoms with van der Waals surface area (Å²) >= 11 is 1.19. The molecule has 1 fully saturated rings. The molecule has 0 saturated carbocycles. The standard InChI is InChI=1S/C16H18F3N3OS/c1-21-14(16(17,18)19)10-11(20-21)12-6-7-13(24-12)15(23)22-8-4-2-3-5-9-22/h6-7,10H,2-5,8-9H2,1H3. The minimum absolute atomic E-state index is 0.0416. The summed E-state index contributed by atoms with van der Waals surface area (Å²) in [6, 6.07) is 4.36. The van der Waals surface area contributed by atoms with Gasteiger partial charge in [-0.25, -0.2) is 0 Å². The second kappa shape index (κ2) is 6.58. The zero-order chi connectivity index (χ0) is 17.3. The summed E-state index contributed by atoms with van der Waals surface area (Å²) in [6.07, 6.45) is -0.179. The smallest absolute Gasteiger partial charge is 0.338 e. The van der Waals surface area contributed by atoms with Crippen LogP contribution >= 0.6 is 11.3 Å². The third kappa shape index (κ3) is 3.48. The van der Waals surface area contributed by atoms with Crippen LogP contribution in [0.5, 0.6) is 0 Å². The SMILES string of the molecule is Cn1nc(-c2ccc(C(=O)N3CCCCCC3)s2)cc1C(F)(F)F. The van der Waals surface area contributed by atoms with E-state index < -0.39 is 11.9 Å². The lowest BCUT2D eigenvalue weighted by Gasteiger charge is -2.19. The molecule has 2 aromatic heterocycles. The first-order valence-electron chi connectivity index (χ1n) is 7.87. The highest BCUT2D eigenvalue weighted by Crippen LogP contribution is 2.34. The Bertz CT molecular complexity index is 727. The number of aryl methyl sites for hydroxylation is 1. The van der Waals surface area contributed by atoms with Gasteiger partial charge in [-0.3, -0.25) is 9.48 Å². The lowest BCUT2D eigenvalue weighted by molar-refractivity contribution is -0.143. The van der Waals surface area contributed by atoms with E-state index in [1.165, 1.54) is 18.4 Å². The number of hydrogen-bond acceptors (Lipinski definition) is 3. The molecule has 1 amide bonds. The van der Waals surface area contributed by atoms with E-state index in [-0.39, 0.29) is 11.6 Å². The van der Waals surface area contributed by atoms with Gasteiger partial charge in [0.1, 0.15) is 11.4 Å². The number of thiophene rings is 1. The fourth-order valence-electron chi connectivity index (χ4n) is 2.87. The fraction of sp³-hybridized carbons (Fsp3) is 0.500. The monoisotopic (exact) mass is 357 g/mol. The fourth-order valence-corrected chi connectivity index (χ4v) is 3.80. The van der Waals surface area contributed by atoms with E-state index in [0.717, 1.165) is 49.5 Å². The first-order chi connectivity index (χ1) is 11.4. The van der Waals surface area contributed by atoms with E-state index in [1.807, 2.05) is 4.90 Å². The normalized spacial score (nSPS) is 16.2. The third-order valence-electron chi connectivity index (χ3n) is 4.13. The Kier molecular flexibility index (Phi) is 4.67. The van der Waals surface area contributed by atoms with Crippen LogP contribution < -0.4 is 0 Å². The van der Waals surface area contributed by atoms with Crippen molar-refractivity contribution in [1.82, 2.24) is 14.7 Å². The average Bonchev–Trinajstić information content (AvgIpc) is 3.05. The number of carbonyl (C=O) groups is 1. The van der Waals surface area contributed by atoms with Crippen molar-refractivity contribution < 1.29 is 18.0 Å². The van der Waals surface area contributed by atoms with E-state index >= 15 is 0 Å². The van der Waals surface area contributed by atoms with Crippen LogP contribution in [-0.4, -0.2) is 33.7 Å². The molecule has 2 aromatic rings. The molecular formula is C16H18F3N3OS. The third-order valence-corrected chi connectivity index (χ3v) is 5.23. The molecule has 4 nitrogen and oxygen atoms in total. The molecule has 1 saturated heterocycles. The van der Waals surface area contributed by atoms with E-state index in [1.54, 1.807) is 12.1 Å². The first-order valence-corrected chi connectivity index (χ1v) is 8.68. The molecule has 0 unspecified atom stereocenters. The summed E-state index contributed by atoms with van der Waals surface area (Å²) in [5, 5.41) is 3.93. The van der Waals surface area contributed by atoms with E-state index in [0.29, 0.717) is 9.75 Å². The van der Waals surface area contributed by atoms with Crippen molar-refractivity contribution >= 4 is 17.2 Å². The van der Waals surface area contributed by atoms with Crippen LogP contribution in [0.2, 0.25) is 0 Å². The van der Waals surface area contributed by atoms with Gasteiger partial charge in [-0.2, -0.15) is 18.3 Å². The molecule has 3 rings (SSSR count). The number of rotatable bonds is 2. The molecular weight excluding hydrogens is 339 g/mol. The molecule has 0 radical (unpaired) electrons. The molecule has 24 heavy (non-hydrogen) atoms. The molecule has 8 heteroatoms. The second-order valence-corrected chi connectivity index (χ2v) is 6.99. The Morgan fingerprint density at radius 1 is 1.17 bits per heavy atom. The maximum Gasteiger partial charge on any atom is 0.433 e. The van der Waals surface area contributed by atoms with Crippen LogP contribution in [0.1, 0.15) is 41.0 Å². The zero-order valence-corrected chi connectivity index (χ0v) is 14.1. The van der Waals surface area contributed by atoms with Crippen molar-refractivity contribution in [3.63, 3.8) is 0 Å². The number of amides is 1. The molecule has 3 heterocycles. The molecule has 0 atom stereocenters. The van der Waals surface area contributed by atoms with Crippen molar-refractivity contribution in [2.45, 2.75) is 31.9 Å². The Morgan fingerprint density at radius 3 is 2.42 bits per heavy atom. The molecule has 0 spiro atoms. The van der Waals surface area contributed by atoms with Crippen LogP contribution in [0.4, 0.5) is 13.2 Å². The van der Waals surface area contributed by atoms with E-state index in [9.17, 15) is 18.0 Å². The van der Waals surface area contributed by atoms with Gasteiger partial charge in [0.15, 0.2) is 0 Å². The van der Waals surface area contributed by atoms with Crippen molar-refractivity contribution in [3.05, 3.63) is 28.8 Å². The Hall–Kier alpha value is -1.83. The van der Waals surface area contributed by atoms with Crippen molar-refractivity contribution in [1.29, 1.82) is 0 Å². The van der Waals surface area contributed by atoms with Gasteiger partial charge >= 0.3 is 6.18 Å². The summed E-state index contributed by atoms with van der Waals surface area (Å²) in [7, 11) is 1.27. The number of carbonyl (C=O) groups excluding carboxylic acids is 1. The van der Waals surface area contributed by atoms with Gasteiger partial charge in [0, 0.05) is 20.1 Å². The van der Waals surface area contributed by atoms with Crippen LogP contribution in [-0.2, 0) is 13.2 Å². The van der Waals surface area contributed by atoms with Crippen LogP contribution in [0.15, 0.2) is 18.2 Å². The zero-order valence-electron chi connectivity index (χ0n) is 13.3. The van der Waals surface area contributed by atoms with E-state index in [4.69, 9.17) is 0 Å². The molecule has 0 aromatic carbocycles. The molecule has 0 bridgehead atoms. The summed E-state index contributed by atoms with van der Waals surface area (Å²) in [5.74, 6) is -0.0416. The average molecular weight is 357 g/mol. The number of nitrogens with zero attached hydrogens (tertiary/aromatic N) is 3. The topological polar surface area (TPSA) is 38.1 Å². The first kappa shape index (κ1) is 17.0. The molecule has 130 valence electrons. The maximum absolute atomic E-state index is 12.9. The lowest BCUT2D eigenvalue weighted by Crippen LogP contribution is -2.31. The van der Waals surface area contributed by atoms with Gasteiger partial charge in [-0.1, -0.05) is 12.8 Å². The highest BCUT2D eigenvalue weighted by molar-refractivity contribution is 7.17. The summed E-state index contributed by atoms with van der Waals surface area (Å²) in [4.78, 5) is 15.5. The minimum Gasteiger partial charge on any atom is -0.338 e. The van der Waals surface area contributed by atoms with Crippen molar-refractivity contribution in [2.75, 3.05) is 13.1 Å². The van der Waals surface area contributed by atoms with Crippen molar-refractivity contribution in [2.24, 2.45) is 7.05 Å². The second-order valence-electron chi connectivity index (χ2n) is 5.91. The summed E-state index contributed by atoms with van der Waals surface area (Å²) in [6.45, 7) is 1.49. The van der Waals surface area contributed by atoms with Crippen molar-refractivity contribution in [3.8, 4) is 10.6 Å². The summed E-state index contributed by atoms with van der Waals surface area (Å²) < 4.78 is 39.4. The predicted molar refractivity (Wildman–Crippen MR) is 85.9 cm³/mol. The van der Waals surface area contributed by atoms with Crippen LogP contribution in [0.25, 0.3) is 10.6 Å². The quantitative estimate of drug-likeness (QED) is 0.809. The number of alkyl halides is 3. The van der Waals surface area contributed by atoms with Gasteiger partial charge in [0.2, 0.25) is 0 Å². The van der Waals surface area contributed by atoms with Crippen LogP contribution in [0.3, 0.4) is 0 Å². The Labute approximate surface area is 141 Å². The number of halogens is 3. The number of aromatic nitrogens is 2. The number of hydrogen-bond donors (Lipinski definition) is 0. The van der Waals surface area contributed by atoms with E-state index in [2.05, 4.69) is 5.10 Å².